The molecule has 0 aromatic heterocycles. The highest BCUT2D eigenvalue weighted by Crippen LogP contribution is 2.49. The summed E-state index contributed by atoms with van der Waals surface area (Å²) in [6.45, 7) is 4.28. The predicted molar refractivity (Wildman–Crippen MR) is 74.2 cm³/mol. The number of carbonyl (C=O) groups excluding carboxylic acids is 1. The highest BCUT2D eigenvalue weighted by Gasteiger charge is 2.37. The lowest BCUT2D eigenvalue weighted by atomic mass is 9.80. The number of hydrogen-bond donors (Lipinski definition) is 0. The van der Waals surface area contributed by atoms with Gasteiger partial charge < -0.3 is 0 Å². The van der Waals surface area contributed by atoms with Crippen LogP contribution in [0, 0.1) is 0 Å². The zero-order chi connectivity index (χ0) is 12.9. The third-order valence-corrected chi connectivity index (χ3v) is 4.00. The summed E-state index contributed by atoms with van der Waals surface area (Å²) in [7, 11) is 0. The Kier molecular flexibility index (Phi) is 2.36. The van der Waals surface area contributed by atoms with Crippen LogP contribution in [-0.2, 0) is 5.41 Å². The molecule has 3 rings (SSSR count). The predicted octanol–water partition coefficient (Wildman–Crippen LogP) is 4.37. The smallest absolute Gasteiger partial charge is 0.252 e. The number of hydrogen-bond acceptors (Lipinski definition) is 1. The van der Waals surface area contributed by atoms with E-state index in [-0.39, 0.29) is 10.7 Å². The largest absolute Gasteiger partial charge is 0.276 e. The second-order valence-electron chi connectivity index (χ2n) is 5.17. The number of carbonyl (C=O) groups is 1. The quantitative estimate of drug-likeness (QED) is 0.693. The number of halogens is 1. The Morgan fingerprint density at radius 2 is 1.67 bits per heavy atom. The van der Waals surface area contributed by atoms with Crippen molar-refractivity contribution in [2.45, 2.75) is 19.3 Å². The maximum atomic E-state index is 11.6. The molecule has 0 radical (unpaired) electrons. The van der Waals surface area contributed by atoms with Gasteiger partial charge in [-0.1, -0.05) is 50.2 Å². The van der Waals surface area contributed by atoms with Crippen LogP contribution >= 0.6 is 11.6 Å². The van der Waals surface area contributed by atoms with Crippen molar-refractivity contribution < 1.29 is 4.79 Å². The van der Waals surface area contributed by atoms with Gasteiger partial charge in [0.25, 0.3) is 5.24 Å². The van der Waals surface area contributed by atoms with Crippen molar-refractivity contribution in [3.05, 3.63) is 59.2 Å². The zero-order valence-corrected chi connectivity index (χ0v) is 11.1. The summed E-state index contributed by atoms with van der Waals surface area (Å²) in [4.78, 5) is 11.6. The molecule has 1 aliphatic carbocycles. The van der Waals surface area contributed by atoms with Crippen LogP contribution in [0.3, 0.4) is 0 Å². The highest BCUT2D eigenvalue weighted by molar-refractivity contribution is 6.68. The number of benzene rings is 2. The summed E-state index contributed by atoms with van der Waals surface area (Å²) in [5.74, 6) is 0. The lowest BCUT2D eigenvalue weighted by molar-refractivity contribution is 0.108. The van der Waals surface area contributed by atoms with E-state index in [2.05, 4.69) is 32.0 Å². The Bertz CT molecular complexity index is 656. The van der Waals surface area contributed by atoms with Crippen LogP contribution < -0.4 is 0 Å². The van der Waals surface area contributed by atoms with E-state index in [9.17, 15) is 4.79 Å². The van der Waals surface area contributed by atoms with E-state index in [0.717, 1.165) is 11.1 Å². The van der Waals surface area contributed by atoms with Crippen LogP contribution in [0.25, 0.3) is 11.1 Å². The van der Waals surface area contributed by atoms with Crippen LogP contribution in [0.1, 0.15) is 35.3 Å². The van der Waals surface area contributed by atoms with E-state index in [1.165, 1.54) is 11.1 Å². The molecule has 0 N–H and O–H groups in total. The molecule has 0 saturated heterocycles. The van der Waals surface area contributed by atoms with Crippen molar-refractivity contribution in [1.29, 1.82) is 0 Å². The van der Waals surface area contributed by atoms with Crippen LogP contribution in [0.5, 0.6) is 0 Å². The van der Waals surface area contributed by atoms with Gasteiger partial charge in [0, 0.05) is 11.0 Å². The monoisotopic (exact) mass is 256 g/mol. The Labute approximate surface area is 111 Å². The third kappa shape index (κ3) is 1.37. The number of fused-ring (bicyclic) bond motifs is 3. The van der Waals surface area contributed by atoms with Crippen molar-refractivity contribution in [1.82, 2.24) is 0 Å². The molecular formula is C16H13ClO. The fourth-order valence-corrected chi connectivity index (χ4v) is 3.17. The van der Waals surface area contributed by atoms with E-state index in [4.69, 9.17) is 11.6 Å². The standard InChI is InChI=1S/C16H13ClO/c1-16(2)13-9-4-3-6-10(13)11-7-5-8-12(14(11)16)15(17)18/h3-9H,1-2H3. The zero-order valence-electron chi connectivity index (χ0n) is 10.3. The molecule has 0 aliphatic heterocycles. The van der Waals surface area contributed by atoms with Crippen LogP contribution in [-0.4, -0.2) is 5.24 Å². The van der Waals surface area contributed by atoms with Gasteiger partial charge in [-0.3, -0.25) is 4.79 Å². The maximum Gasteiger partial charge on any atom is 0.252 e. The lowest BCUT2D eigenvalue weighted by Gasteiger charge is -2.23. The fraction of sp³-hybridized carbons (Fsp3) is 0.188. The summed E-state index contributed by atoms with van der Waals surface area (Å²) >= 11 is 5.72. The second-order valence-corrected chi connectivity index (χ2v) is 5.52. The molecule has 0 amide bonds. The minimum Gasteiger partial charge on any atom is -0.276 e. The maximum absolute atomic E-state index is 11.6. The average molecular weight is 257 g/mol. The second kappa shape index (κ2) is 3.69. The molecular weight excluding hydrogens is 244 g/mol. The van der Waals surface area contributed by atoms with Gasteiger partial charge in [-0.2, -0.15) is 0 Å². The minimum atomic E-state index is -0.382. The Hall–Kier alpha value is -1.60. The van der Waals surface area contributed by atoms with Gasteiger partial charge in [0.2, 0.25) is 0 Å². The molecule has 90 valence electrons. The first-order chi connectivity index (χ1) is 8.53. The van der Waals surface area contributed by atoms with Gasteiger partial charge >= 0.3 is 0 Å². The molecule has 0 fully saturated rings. The molecule has 0 saturated carbocycles. The first-order valence-electron chi connectivity index (χ1n) is 5.96. The first-order valence-corrected chi connectivity index (χ1v) is 6.34. The van der Waals surface area contributed by atoms with Gasteiger partial charge in [0.1, 0.15) is 0 Å². The van der Waals surface area contributed by atoms with Crippen molar-refractivity contribution in [3.8, 4) is 11.1 Å². The summed E-state index contributed by atoms with van der Waals surface area (Å²) < 4.78 is 0. The van der Waals surface area contributed by atoms with Crippen LogP contribution in [0.2, 0.25) is 0 Å². The van der Waals surface area contributed by atoms with E-state index in [1.54, 1.807) is 0 Å². The summed E-state index contributed by atoms with van der Waals surface area (Å²) in [6.07, 6.45) is 0. The SMILES string of the molecule is CC1(C)c2ccccc2-c2cccc(C(=O)Cl)c21. The van der Waals surface area contributed by atoms with Crippen LogP contribution in [0.15, 0.2) is 42.5 Å². The fourth-order valence-electron chi connectivity index (χ4n) is 3.01. The van der Waals surface area contributed by atoms with Gasteiger partial charge in [0.05, 0.1) is 0 Å². The molecule has 1 nitrogen and oxygen atoms in total. The molecule has 0 atom stereocenters. The Morgan fingerprint density at radius 3 is 2.39 bits per heavy atom. The summed E-state index contributed by atoms with van der Waals surface area (Å²) in [6, 6.07) is 14.1. The van der Waals surface area contributed by atoms with Gasteiger partial charge in [-0.15, -0.1) is 0 Å². The van der Waals surface area contributed by atoms with Crippen molar-refractivity contribution >= 4 is 16.8 Å². The van der Waals surface area contributed by atoms with E-state index in [0.29, 0.717) is 5.56 Å². The molecule has 0 unspecified atom stereocenters. The molecule has 18 heavy (non-hydrogen) atoms. The highest BCUT2D eigenvalue weighted by atomic mass is 35.5. The molecule has 0 heterocycles. The average Bonchev–Trinajstić information content (AvgIpc) is 2.60. The minimum absolute atomic E-state index is 0.174. The van der Waals surface area contributed by atoms with E-state index >= 15 is 0 Å². The molecule has 2 aromatic carbocycles. The molecule has 1 aliphatic rings. The van der Waals surface area contributed by atoms with Crippen molar-refractivity contribution in [2.24, 2.45) is 0 Å². The summed E-state index contributed by atoms with van der Waals surface area (Å²) in [5.41, 5.74) is 5.08. The third-order valence-electron chi connectivity index (χ3n) is 3.79. The van der Waals surface area contributed by atoms with Crippen LogP contribution in [0.4, 0.5) is 0 Å². The normalized spacial score (nSPS) is 15.1. The Balaban J connectivity index is 2.42. The van der Waals surface area contributed by atoms with Crippen molar-refractivity contribution in [2.75, 3.05) is 0 Å². The van der Waals surface area contributed by atoms with Crippen molar-refractivity contribution in [3.63, 3.8) is 0 Å². The molecule has 2 heteroatoms. The summed E-state index contributed by atoms with van der Waals surface area (Å²) in [5, 5.41) is -0.382. The number of rotatable bonds is 1. The molecule has 0 bridgehead atoms. The van der Waals surface area contributed by atoms with Gasteiger partial charge in [-0.05, 0) is 39.9 Å². The first kappa shape index (κ1) is 11.5. The Morgan fingerprint density at radius 1 is 1.00 bits per heavy atom. The molecule has 0 spiro atoms. The van der Waals surface area contributed by atoms with Gasteiger partial charge in [0.15, 0.2) is 0 Å². The van der Waals surface area contributed by atoms with Gasteiger partial charge in [-0.25, -0.2) is 0 Å². The van der Waals surface area contributed by atoms with E-state index in [1.807, 2.05) is 24.3 Å². The topological polar surface area (TPSA) is 17.1 Å². The lowest BCUT2D eigenvalue weighted by Crippen LogP contribution is -2.18. The van der Waals surface area contributed by atoms with E-state index < -0.39 is 0 Å². The molecule has 2 aromatic rings.